The molecule has 2 fully saturated rings. The smallest absolute Gasteiger partial charge is 0.255 e. The Labute approximate surface area is 227 Å². The number of unbranched alkanes of at least 4 members (excludes halogenated alkanes) is 2. The number of amides is 3. The van der Waals surface area contributed by atoms with Crippen molar-refractivity contribution in [1.29, 1.82) is 0 Å². The standard InChI is InChI=1S/C30H35FN4O4/c1-19-6-8-25-27(32-19)30(18-39-25)10-13-34(14-11-30)12-4-2-3-5-20-15-21(31)16-22-23(20)17-35(29(22)38)24-7-9-26(36)33-28(24)37/h6,8,15-16,24H,2-5,7,9-14,17-18H2,1H3,(H,33,36,37). The van der Waals surface area contributed by atoms with Crippen LogP contribution in [0, 0.1) is 12.7 Å². The average molecular weight is 535 g/mol. The van der Waals surface area contributed by atoms with Gasteiger partial charge in [-0.15, -0.1) is 0 Å². The van der Waals surface area contributed by atoms with Crippen LogP contribution in [0.3, 0.4) is 0 Å². The Bertz CT molecular complexity index is 1320. The van der Waals surface area contributed by atoms with E-state index in [1.54, 1.807) is 0 Å². The van der Waals surface area contributed by atoms with Crippen molar-refractivity contribution in [2.45, 2.75) is 76.3 Å². The number of nitrogens with one attached hydrogen (secondary N) is 1. The summed E-state index contributed by atoms with van der Waals surface area (Å²) in [7, 11) is 0. The topological polar surface area (TPSA) is 91.8 Å². The number of benzene rings is 1. The lowest BCUT2D eigenvalue weighted by molar-refractivity contribution is -0.136. The van der Waals surface area contributed by atoms with Gasteiger partial charge in [-0.3, -0.25) is 24.7 Å². The van der Waals surface area contributed by atoms with Crippen LogP contribution < -0.4 is 10.1 Å². The fourth-order valence-electron chi connectivity index (χ4n) is 6.66. The molecule has 1 atom stereocenters. The molecule has 3 amide bonds. The summed E-state index contributed by atoms with van der Waals surface area (Å²) in [5, 5.41) is 2.32. The van der Waals surface area contributed by atoms with Gasteiger partial charge in [0.05, 0.1) is 17.7 Å². The number of piperidine rings is 2. The summed E-state index contributed by atoms with van der Waals surface area (Å²) in [5.41, 5.74) is 4.23. The van der Waals surface area contributed by atoms with Crippen LogP contribution in [-0.2, 0) is 28.0 Å². The number of halogens is 1. The number of fused-ring (bicyclic) bond motifs is 3. The Morgan fingerprint density at radius 3 is 2.74 bits per heavy atom. The van der Waals surface area contributed by atoms with Crippen molar-refractivity contribution in [2.24, 2.45) is 0 Å². The van der Waals surface area contributed by atoms with Crippen molar-refractivity contribution in [2.75, 3.05) is 26.2 Å². The number of rotatable bonds is 7. The predicted molar refractivity (Wildman–Crippen MR) is 142 cm³/mol. The van der Waals surface area contributed by atoms with E-state index in [-0.39, 0.29) is 30.2 Å². The van der Waals surface area contributed by atoms with Gasteiger partial charge in [0, 0.05) is 24.2 Å². The van der Waals surface area contributed by atoms with Gasteiger partial charge >= 0.3 is 0 Å². The zero-order valence-electron chi connectivity index (χ0n) is 22.4. The Hall–Kier alpha value is -3.33. The number of aromatic nitrogens is 1. The van der Waals surface area contributed by atoms with E-state index in [0.717, 1.165) is 86.6 Å². The summed E-state index contributed by atoms with van der Waals surface area (Å²) in [6.45, 7) is 6.16. The van der Waals surface area contributed by atoms with Crippen LogP contribution in [0.4, 0.5) is 4.39 Å². The summed E-state index contributed by atoms with van der Waals surface area (Å²) in [6, 6.07) is 6.18. The average Bonchev–Trinajstić information content (AvgIpc) is 3.42. The third-order valence-electron chi connectivity index (χ3n) is 8.95. The normalized spacial score (nSPS) is 22.2. The molecular weight excluding hydrogens is 499 g/mol. The Balaban J connectivity index is 0.996. The van der Waals surface area contributed by atoms with Gasteiger partial charge in [0.1, 0.15) is 17.6 Å². The SMILES string of the molecule is Cc1ccc2c(n1)C1(CCN(CCCCCc3cc(F)cc4c3CN(C3CCC(=O)NC3=O)C4=O)CC1)CO2. The summed E-state index contributed by atoms with van der Waals surface area (Å²) >= 11 is 0. The molecule has 1 unspecified atom stereocenters. The van der Waals surface area contributed by atoms with Crippen LogP contribution in [0.15, 0.2) is 24.3 Å². The van der Waals surface area contributed by atoms with Crippen LogP contribution in [0.2, 0.25) is 0 Å². The van der Waals surface area contributed by atoms with Gasteiger partial charge in [-0.05, 0) is 100 Å². The highest BCUT2D eigenvalue weighted by atomic mass is 19.1. The number of carbonyl (C=O) groups is 3. The zero-order valence-corrected chi connectivity index (χ0v) is 22.4. The third kappa shape index (κ3) is 4.93. The molecule has 1 aromatic heterocycles. The van der Waals surface area contributed by atoms with Gasteiger partial charge in [-0.25, -0.2) is 4.39 Å². The maximum absolute atomic E-state index is 14.4. The minimum Gasteiger partial charge on any atom is -0.491 e. The monoisotopic (exact) mass is 534 g/mol. The molecule has 0 aliphatic carbocycles. The molecule has 1 N–H and O–H groups in total. The van der Waals surface area contributed by atoms with Gasteiger partial charge in [0.2, 0.25) is 11.8 Å². The molecule has 1 aromatic carbocycles. The molecule has 0 bridgehead atoms. The second kappa shape index (κ2) is 10.3. The third-order valence-corrected chi connectivity index (χ3v) is 8.95. The summed E-state index contributed by atoms with van der Waals surface area (Å²) in [5.74, 6) is -0.578. The molecule has 4 aliphatic rings. The molecule has 1 spiro atoms. The van der Waals surface area contributed by atoms with Crippen LogP contribution in [0.5, 0.6) is 5.75 Å². The number of nitrogens with zero attached hydrogens (tertiary/aromatic N) is 3. The zero-order chi connectivity index (χ0) is 27.1. The lowest BCUT2D eigenvalue weighted by atomic mass is 9.77. The van der Waals surface area contributed by atoms with E-state index >= 15 is 0 Å². The molecule has 39 heavy (non-hydrogen) atoms. The predicted octanol–water partition coefficient (Wildman–Crippen LogP) is 3.43. The number of imide groups is 1. The van der Waals surface area contributed by atoms with Crippen molar-refractivity contribution in [3.8, 4) is 5.75 Å². The van der Waals surface area contributed by atoms with Crippen molar-refractivity contribution < 1.29 is 23.5 Å². The molecule has 206 valence electrons. The first-order valence-corrected chi connectivity index (χ1v) is 14.1. The number of ether oxygens (including phenoxy) is 1. The van der Waals surface area contributed by atoms with Crippen molar-refractivity contribution >= 4 is 17.7 Å². The van der Waals surface area contributed by atoms with Crippen molar-refractivity contribution in [3.63, 3.8) is 0 Å². The quantitative estimate of drug-likeness (QED) is 0.432. The van der Waals surface area contributed by atoms with E-state index in [0.29, 0.717) is 18.4 Å². The van der Waals surface area contributed by atoms with E-state index in [9.17, 15) is 18.8 Å². The van der Waals surface area contributed by atoms with Gasteiger partial charge in [-0.1, -0.05) is 6.42 Å². The number of hydrogen-bond donors (Lipinski definition) is 1. The largest absolute Gasteiger partial charge is 0.491 e. The van der Waals surface area contributed by atoms with Crippen LogP contribution in [0.1, 0.15) is 77.8 Å². The van der Waals surface area contributed by atoms with Gasteiger partial charge < -0.3 is 14.5 Å². The van der Waals surface area contributed by atoms with Crippen molar-refractivity contribution in [1.82, 2.24) is 20.1 Å². The molecule has 2 aromatic rings. The second-order valence-corrected chi connectivity index (χ2v) is 11.5. The molecule has 8 nitrogen and oxygen atoms in total. The Morgan fingerprint density at radius 1 is 1.13 bits per heavy atom. The maximum atomic E-state index is 14.4. The first-order chi connectivity index (χ1) is 18.8. The molecule has 6 rings (SSSR count). The molecule has 2 saturated heterocycles. The lowest BCUT2D eigenvalue weighted by Crippen LogP contribution is -2.52. The first kappa shape index (κ1) is 25.9. The fourth-order valence-corrected chi connectivity index (χ4v) is 6.66. The second-order valence-electron chi connectivity index (χ2n) is 11.5. The molecule has 0 radical (unpaired) electrons. The lowest BCUT2D eigenvalue weighted by Gasteiger charge is -2.38. The number of hydrogen-bond acceptors (Lipinski definition) is 6. The number of pyridine rings is 1. The van der Waals surface area contributed by atoms with Gasteiger partial charge in [-0.2, -0.15) is 0 Å². The Kier molecular flexibility index (Phi) is 6.87. The highest BCUT2D eigenvalue weighted by Gasteiger charge is 2.44. The van der Waals surface area contributed by atoms with Gasteiger partial charge in [0.25, 0.3) is 5.91 Å². The highest BCUT2D eigenvalue weighted by molar-refractivity contribution is 6.05. The summed E-state index contributed by atoms with van der Waals surface area (Å²) in [4.78, 5) is 45.7. The van der Waals surface area contributed by atoms with Crippen LogP contribution >= 0.6 is 0 Å². The van der Waals surface area contributed by atoms with E-state index in [2.05, 4.69) is 16.3 Å². The maximum Gasteiger partial charge on any atom is 0.255 e. The van der Waals surface area contributed by atoms with Crippen LogP contribution in [-0.4, -0.2) is 64.8 Å². The van der Waals surface area contributed by atoms with E-state index in [1.165, 1.54) is 17.0 Å². The minimum atomic E-state index is -0.689. The number of carbonyl (C=O) groups excluding carboxylic acids is 3. The molecule has 5 heterocycles. The molecule has 4 aliphatic heterocycles. The molecular formula is C30H35FN4O4. The molecule has 9 heteroatoms. The van der Waals surface area contributed by atoms with Crippen LogP contribution in [0.25, 0.3) is 0 Å². The Morgan fingerprint density at radius 2 is 1.95 bits per heavy atom. The summed E-state index contributed by atoms with van der Waals surface area (Å²) in [6.07, 6.45) is 6.31. The minimum absolute atomic E-state index is 0.0504. The summed E-state index contributed by atoms with van der Waals surface area (Å²) < 4.78 is 20.4. The number of aryl methyl sites for hydroxylation is 2. The number of likely N-dealkylation sites (tertiary alicyclic amines) is 1. The van der Waals surface area contributed by atoms with Gasteiger partial charge in [0.15, 0.2) is 0 Å². The van der Waals surface area contributed by atoms with E-state index in [1.807, 2.05) is 13.0 Å². The van der Waals surface area contributed by atoms with E-state index in [4.69, 9.17) is 9.72 Å². The fraction of sp³-hybridized carbons (Fsp3) is 0.533. The van der Waals surface area contributed by atoms with Crippen molar-refractivity contribution in [3.05, 3.63) is 58.2 Å². The molecule has 0 saturated carbocycles. The first-order valence-electron chi connectivity index (χ1n) is 14.1. The highest BCUT2D eigenvalue weighted by Crippen LogP contribution is 2.44. The van der Waals surface area contributed by atoms with E-state index < -0.39 is 17.8 Å².